The Bertz CT molecular complexity index is 819. The molecule has 1 aromatic carbocycles. The van der Waals surface area contributed by atoms with E-state index in [1.807, 2.05) is 0 Å². The number of hydrogen-bond acceptors (Lipinski definition) is 4. The van der Waals surface area contributed by atoms with E-state index in [9.17, 15) is 13.5 Å². The minimum atomic E-state index is -3.82. The molecule has 7 heteroatoms. The van der Waals surface area contributed by atoms with Gasteiger partial charge in [-0.3, -0.25) is 0 Å². The molecule has 134 valence electrons. The van der Waals surface area contributed by atoms with Crippen molar-refractivity contribution >= 4 is 21.6 Å². The summed E-state index contributed by atoms with van der Waals surface area (Å²) < 4.78 is 33.6. The summed E-state index contributed by atoms with van der Waals surface area (Å²) in [6.45, 7) is 0.407. The van der Waals surface area contributed by atoms with Crippen LogP contribution >= 0.6 is 11.6 Å². The molecule has 0 amide bonds. The molecule has 4 rings (SSSR count). The fraction of sp³-hybridized carbons (Fsp3) is 0.556. The van der Waals surface area contributed by atoms with Crippen LogP contribution in [0.2, 0.25) is 5.02 Å². The fourth-order valence-corrected chi connectivity index (χ4v) is 5.01. The van der Waals surface area contributed by atoms with Crippen molar-refractivity contribution in [2.45, 2.75) is 48.3 Å². The number of halogens is 1. The second kappa shape index (κ2) is 6.26. The van der Waals surface area contributed by atoms with E-state index in [1.54, 1.807) is 12.1 Å². The van der Waals surface area contributed by atoms with Crippen LogP contribution in [-0.2, 0) is 14.8 Å². The highest BCUT2D eigenvalue weighted by molar-refractivity contribution is 7.89. The second-order valence-electron chi connectivity index (χ2n) is 7.02. The number of sulfonamides is 1. The lowest BCUT2D eigenvalue weighted by molar-refractivity contribution is -0.0494. The van der Waals surface area contributed by atoms with Crippen molar-refractivity contribution in [3.63, 3.8) is 0 Å². The lowest BCUT2D eigenvalue weighted by Crippen LogP contribution is -2.59. The molecule has 0 spiro atoms. The van der Waals surface area contributed by atoms with Gasteiger partial charge in [-0.05, 0) is 49.9 Å². The number of benzene rings is 1. The largest absolute Gasteiger partial charge is 0.388 e. The maximum atomic E-state index is 13.3. The number of nitrogens with zero attached hydrogens (tertiary/aromatic N) is 1. The molecule has 0 aromatic heterocycles. The van der Waals surface area contributed by atoms with E-state index in [1.165, 1.54) is 16.4 Å². The van der Waals surface area contributed by atoms with Crippen LogP contribution in [0.25, 0.3) is 0 Å². The van der Waals surface area contributed by atoms with Gasteiger partial charge in [0.25, 0.3) is 0 Å². The van der Waals surface area contributed by atoms with E-state index in [2.05, 4.69) is 11.8 Å². The number of aliphatic hydroxyl groups is 1. The average Bonchev–Trinajstić information content (AvgIpc) is 3.50. The van der Waals surface area contributed by atoms with Gasteiger partial charge in [0.05, 0.1) is 29.8 Å². The molecule has 0 unspecified atom stereocenters. The first-order chi connectivity index (χ1) is 11.9. The van der Waals surface area contributed by atoms with Crippen LogP contribution < -0.4 is 0 Å². The van der Waals surface area contributed by atoms with Gasteiger partial charge < -0.3 is 9.84 Å². The predicted octanol–water partition coefficient (Wildman–Crippen LogP) is 2.04. The minimum absolute atomic E-state index is 0.159. The van der Waals surface area contributed by atoms with Gasteiger partial charge in [0.1, 0.15) is 6.04 Å². The standard InChI is InChI=1S/C18H20ClNO4S/c19-14-4-7-16(8-5-14)25(22,23)20-15(6-3-13-1-2-13)11-24-12-17(20)18(21)9-10-18/h4-5,7-8,13,15,17,21H,1-2,9-12H2/t15-,17-/m1/s1. The van der Waals surface area contributed by atoms with Crippen LogP contribution in [0.4, 0.5) is 0 Å². The first-order valence-corrected chi connectivity index (χ1v) is 10.3. The normalized spacial score (nSPS) is 28.9. The van der Waals surface area contributed by atoms with Gasteiger partial charge in [-0.1, -0.05) is 23.4 Å². The van der Waals surface area contributed by atoms with Crippen LogP contribution in [0.3, 0.4) is 0 Å². The van der Waals surface area contributed by atoms with Gasteiger partial charge >= 0.3 is 0 Å². The van der Waals surface area contributed by atoms with Crippen molar-refractivity contribution in [2.24, 2.45) is 5.92 Å². The molecule has 5 nitrogen and oxygen atoms in total. The maximum Gasteiger partial charge on any atom is 0.244 e. The number of morpholine rings is 1. The summed E-state index contributed by atoms with van der Waals surface area (Å²) in [4.78, 5) is 0.159. The Kier molecular flexibility index (Phi) is 4.33. The Morgan fingerprint density at radius 3 is 2.44 bits per heavy atom. The topological polar surface area (TPSA) is 66.8 Å². The van der Waals surface area contributed by atoms with Crippen molar-refractivity contribution in [2.75, 3.05) is 13.2 Å². The Morgan fingerprint density at radius 2 is 1.84 bits per heavy atom. The van der Waals surface area contributed by atoms with Crippen LogP contribution in [0.5, 0.6) is 0 Å². The Labute approximate surface area is 153 Å². The van der Waals surface area contributed by atoms with Crippen molar-refractivity contribution < 1.29 is 18.3 Å². The van der Waals surface area contributed by atoms with Crippen LogP contribution in [0.1, 0.15) is 25.7 Å². The molecule has 2 aliphatic carbocycles. The molecule has 3 fully saturated rings. The van der Waals surface area contributed by atoms with Crippen LogP contribution in [0.15, 0.2) is 29.2 Å². The quantitative estimate of drug-likeness (QED) is 0.813. The third-order valence-corrected chi connectivity index (χ3v) is 7.15. The zero-order valence-electron chi connectivity index (χ0n) is 13.7. The highest BCUT2D eigenvalue weighted by atomic mass is 35.5. The van der Waals surface area contributed by atoms with Crippen molar-refractivity contribution in [3.8, 4) is 11.8 Å². The molecule has 1 aromatic rings. The van der Waals surface area contributed by atoms with E-state index in [-0.39, 0.29) is 18.1 Å². The molecule has 1 aliphatic heterocycles. The third-order valence-electron chi connectivity index (χ3n) is 4.97. The second-order valence-corrected chi connectivity index (χ2v) is 9.30. The van der Waals surface area contributed by atoms with Gasteiger partial charge in [-0.15, -0.1) is 0 Å². The molecule has 1 heterocycles. The van der Waals surface area contributed by atoms with Gasteiger partial charge in [0, 0.05) is 10.9 Å². The molecular weight excluding hydrogens is 362 g/mol. The zero-order valence-corrected chi connectivity index (χ0v) is 15.3. The van der Waals surface area contributed by atoms with Crippen LogP contribution in [0, 0.1) is 17.8 Å². The molecule has 0 bridgehead atoms. The summed E-state index contributed by atoms with van der Waals surface area (Å²) in [7, 11) is -3.82. The molecule has 2 saturated carbocycles. The molecule has 1 saturated heterocycles. The Morgan fingerprint density at radius 1 is 1.16 bits per heavy atom. The summed E-state index contributed by atoms with van der Waals surface area (Å²) >= 11 is 5.89. The van der Waals surface area contributed by atoms with Gasteiger partial charge in [-0.25, -0.2) is 8.42 Å². The maximum absolute atomic E-state index is 13.3. The summed E-state index contributed by atoms with van der Waals surface area (Å²) in [5.41, 5.74) is -1.01. The number of hydrogen-bond donors (Lipinski definition) is 1. The highest BCUT2D eigenvalue weighted by Crippen LogP contribution is 2.44. The molecule has 3 aliphatic rings. The number of rotatable bonds is 3. The summed E-state index contributed by atoms with van der Waals surface area (Å²) in [5.74, 6) is 6.59. The molecular formula is C18H20ClNO4S. The fourth-order valence-electron chi connectivity index (χ4n) is 3.12. The van der Waals surface area contributed by atoms with Crippen molar-refractivity contribution in [1.82, 2.24) is 4.31 Å². The van der Waals surface area contributed by atoms with Crippen molar-refractivity contribution in [1.29, 1.82) is 0 Å². The Balaban J connectivity index is 1.73. The molecule has 1 N–H and O–H groups in total. The van der Waals surface area contributed by atoms with E-state index in [0.29, 0.717) is 23.8 Å². The van der Waals surface area contributed by atoms with Gasteiger partial charge in [-0.2, -0.15) is 4.31 Å². The first kappa shape index (κ1) is 17.3. The average molecular weight is 382 g/mol. The van der Waals surface area contributed by atoms with E-state index in [4.69, 9.17) is 16.3 Å². The van der Waals surface area contributed by atoms with Crippen molar-refractivity contribution in [3.05, 3.63) is 29.3 Å². The summed E-state index contributed by atoms with van der Waals surface area (Å²) in [6.07, 6.45) is 3.29. The smallest absolute Gasteiger partial charge is 0.244 e. The lowest BCUT2D eigenvalue weighted by atomic mass is 10.1. The first-order valence-electron chi connectivity index (χ1n) is 8.50. The van der Waals surface area contributed by atoms with Gasteiger partial charge in [0.15, 0.2) is 0 Å². The summed E-state index contributed by atoms with van der Waals surface area (Å²) in [5, 5.41) is 11.1. The minimum Gasteiger partial charge on any atom is -0.388 e. The van der Waals surface area contributed by atoms with E-state index < -0.39 is 27.7 Å². The van der Waals surface area contributed by atoms with Crippen LogP contribution in [-0.4, -0.2) is 48.7 Å². The summed E-state index contributed by atoms with van der Waals surface area (Å²) in [6, 6.07) is 4.91. The Hall–Kier alpha value is -1.10. The van der Waals surface area contributed by atoms with E-state index in [0.717, 1.165) is 12.8 Å². The molecule has 2 atom stereocenters. The number of ether oxygens (including phenoxy) is 1. The third kappa shape index (κ3) is 3.44. The monoisotopic (exact) mass is 381 g/mol. The lowest BCUT2D eigenvalue weighted by Gasteiger charge is -2.41. The predicted molar refractivity (Wildman–Crippen MR) is 93.6 cm³/mol. The SMILES string of the molecule is O=S(=O)(c1ccc(Cl)cc1)N1[C@H](C#CC2CC2)COC[C@@H]1C1(O)CC1. The zero-order chi connectivity index (χ0) is 17.7. The molecule has 0 radical (unpaired) electrons. The van der Waals surface area contributed by atoms with Gasteiger partial charge in [0.2, 0.25) is 10.0 Å². The highest BCUT2D eigenvalue weighted by Gasteiger charge is 2.56. The molecule has 25 heavy (non-hydrogen) atoms. The van der Waals surface area contributed by atoms with E-state index >= 15 is 0 Å².